The van der Waals surface area contributed by atoms with Crippen LogP contribution in [0.5, 0.6) is 11.5 Å². The summed E-state index contributed by atoms with van der Waals surface area (Å²) in [4.78, 5) is 12.4. The van der Waals surface area contributed by atoms with Crippen molar-refractivity contribution < 1.29 is 14.3 Å². The fourth-order valence-electron chi connectivity index (χ4n) is 3.02. The van der Waals surface area contributed by atoms with Crippen LogP contribution in [0, 0.1) is 0 Å². The van der Waals surface area contributed by atoms with E-state index in [1.165, 1.54) is 17.5 Å². The van der Waals surface area contributed by atoms with Crippen molar-refractivity contribution in [1.82, 2.24) is 0 Å². The topological polar surface area (TPSA) is 47.6 Å². The molecule has 0 fully saturated rings. The van der Waals surface area contributed by atoms with Gasteiger partial charge in [-0.3, -0.25) is 4.79 Å². The largest absolute Gasteiger partial charge is 0.485 e. The monoisotopic (exact) mass is 295 g/mol. The number of ether oxygens (including phenoxy) is 2. The lowest BCUT2D eigenvalue weighted by Crippen LogP contribution is -2.40. The molecule has 0 aromatic heterocycles. The first-order chi connectivity index (χ1) is 10.8. The van der Waals surface area contributed by atoms with Gasteiger partial charge in [0.1, 0.15) is 6.61 Å². The van der Waals surface area contributed by atoms with Gasteiger partial charge < -0.3 is 14.8 Å². The highest BCUT2D eigenvalue weighted by atomic mass is 16.6. The van der Waals surface area contributed by atoms with Crippen LogP contribution in [-0.2, 0) is 17.6 Å². The van der Waals surface area contributed by atoms with Crippen molar-refractivity contribution in [1.29, 1.82) is 0 Å². The Bertz CT molecular complexity index is 726. The van der Waals surface area contributed by atoms with Crippen molar-refractivity contribution in [2.24, 2.45) is 0 Å². The summed E-state index contributed by atoms with van der Waals surface area (Å²) in [5.41, 5.74) is 3.56. The lowest BCUT2D eigenvalue weighted by Gasteiger charge is -2.25. The molecule has 0 spiro atoms. The maximum Gasteiger partial charge on any atom is 0.269 e. The molecule has 4 rings (SSSR count). The normalized spacial score (nSPS) is 18.6. The number of carbonyl (C=O) groups excluding carboxylic acids is 1. The third kappa shape index (κ3) is 2.41. The molecule has 1 N–H and O–H groups in total. The molecule has 4 nitrogen and oxygen atoms in total. The van der Waals surface area contributed by atoms with E-state index in [1.807, 2.05) is 30.3 Å². The molecule has 4 heteroatoms. The summed E-state index contributed by atoms with van der Waals surface area (Å²) >= 11 is 0. The van der Waals surface area contributed by atoms with E-state index in [1.54, 1.807) is 0 Å². The zero-order chi connectivity index (χ0) is 14.9. The lowest BCUT2D eigenvalue weighted by atomic mass is 10.1. The Balaban J connectivity index is 1.47. The predicted molar refractivity (Wildman–Crippen MR) is 83.4 cm³/mol. The third-order valence-electron chi connectivity index (χ3n) is 4.17. The highest BCUT2D eigenvalue weighted by Gasteiger charge is 2.27. The van der Waals surface area contributed by atoms with E-state index >= 15 is 0 Å². The molecular weight excluding hydrogens is 278 g/mol. The molecule has 0 unspecified atom stereocenters. The Morgan fingerprint density at radius 2 is 1.86 bits per heavy atom. The number of benzene rings is 2. The van der Waals surface area contributed by atoms with E-state index in [9.17, 15) is 4.79 Å². The van der Waals surface area contributed by atoms with Crippen LogP contribution in [0.1, 0.15) is 17.5 Å². The Labute approximate surface area is 129 Å². The molecule has 2 aromatic carbocycles. The summed E-state index contributed by atoms with van der Waals surface area (Å²) in [5.74, 6) is 1.12. The van der Waals surface area contributed by atoms with Gasteiger partial charge in [0.25, 0.3) is 5.91 Å². The average Bonchev–Trinajstić information content (AvgIpc) is 3.02. The van der Waals surface area contributed by atoms with E-state index in [-0.39, 0.29) is 12.5 Å². The number of anilines is 1. The number of hydrogen-bond acceptors (Lipinski definition) is 3. The van der Waals surface area contributed by atoms with E-state index in [0.717, 1.165) is 18.5 Å². The molecule has 1 amide bonds. The van der Waals surface area contributed by atoms with Crippen LogP contribution in [0.4, 0.5) is 5.69 Å². The van der Waals surface area contributed by atoms with Crippen LogP contribution < -0.4 is 14.8 Å². The summed E-state index contributed by atoms with van der Waals surface area (Å²) in [7, 11) is 0. The van der Waals surface area contributed by atoms with Crippen molar-refractivity contribution in [3.8, 4) is 11.5 Å². The number of carbonyl (C=O) groups is 1. The average molecular weight is 295 g/mol. The first-order valence-corrected chi connectivity index (χ1v) is 7.61. The zero-order valence-electron chi connectivity index (χ0n) is 12.2. The van der Waals surface area contributed by atoms with Gasteiger partial charge in [-0.2, -0.15) is 0 Å². The van der Waals surface area contributed by atoms with Crippen LogP contribution in [0.15, 0.2) is 42.5 Å². The Morgan fingerprint density at radius 3 is 2.77 bits per heavy atom. The predicted octanol–water partition coefficient (Wildman–Crippen LogP) is 2.95. The molecule has 0 radical (unpaired) electrons. The molecule has 0 bridgehead atoms. The number of hydrogen-bond donors (Lipinski definition) is 1. The van der Waals surface area contributed by atoms with Crippen molar-refractivity contribution in [3.05, 3.63) is 53.6 Å². The number of nitrogens with one attached hydrogen (secondary N) is 1. The molecule has 22 heavy (non-hydrogen) atoms. The van der Waals surface area contributed by atoms with E-state index in [4.69, 9.17) is 9.47 Å². The lowest BCUT2D eigenvalue weighted by molar-refractivity contribution is -0.125. The smallest absolute Gasteiger partial charge is 0.269 e. The van der Waals surface area contributed by atoms with Gasteiger partial charge in [0, 0.05) is 5.69 Å². The van der Waals surface area contributed by atoms with Crippen molar-refractivity contribution in [2.75, 3.05) is 11.9 Å². The molecule has 1 heterocycles. The molecule has 0 saturated heterocycles. The van der Waals surface area contributed by atoms with Gasteiger partial charge in [0.05, 0.1) is 0 Å². The second-order valence-electron chi connectivity index (χ2n) is 5.69. The van der Waals surface area contributed by atoms with Crippen molar-refractivity contribution in [2.45, 2.75) is 25.4 Å². The first kappa shape index (κ1) is 13.2. The summed E-state index contributed by atoms with van der Waals surface area (Å²) < 4.78 is 11.3. The summed E-state index contributed by atoms with van der Waals surface area (Å²) in [6.07, 6.45) is 2.81. The van der Waals surface area contributed by atoms with E-state index in [2.05, 4.69) is 17.4 Å². The maximum absolute atomic E-state index is 12.4. The Hall–Kier alpha value is -2.49. The maximum atomic E-state index is 12.4. The number of para-hydroxylation sites is 2. The number of aryl methyl sites for hydroxylation is 2. The summed E-state index contributed by atoms with van der Waals surface area (Å²) in [5, 5.41) is 2.93. The van der Waals surface area contributed by atoms with Crippen molar-refractivity contribution in [3.63, 3.8) is 0 Å². The molecule has 1 aliphatic carbocycles. The van der Waals surface area contributed by atoms with Gasteiger partial charge in [-0.15, -0.1) is 0 Å². The highest BCUT2D eigenvalue weighted by molar-refractivity contribution is 5.94. The SMILES string of the molecule is O=C(Nc1ccc2c(c1)CCC2)[C@H]1COc2ccccc2O1. The first-order valence-electron chi connectivity index (χ1n) is 7.61. The van der Waals surface area contributed by atoms with Gasteiger partial charge >= 0.3 is 0 Å². The molecule has 112 valence electrons. The van der Waals surface area contributed by atoms with Gasteiger partial charge in [0.15, 0.2) is 11.5 Å². The molecular formula is C18H17NO3. The zero-order valence-corrected chi connectivity index (χ0v) is 12.2. The standard InChI is InChI=1S/C18H17NO3/c20-18(17-11-21-15-6-1-2-7-16(15)22-17)19-14-9-8-12-4-3-5-13(12)10-14/h1-2,6-10,17H,3-5,11H2,(H,19,20)/t17-/m1/s1. The molecule has 0 saturated carbocycles. The van der Waals surface area contributed by atoms with Crippen LogP contribution >= 0.6 is 0 Å². The van der Waals surface area contributed by atoms with E-state index in [0.29, 0.717) is 11.5 Å². The van der Waals surface area contributed by atoms with Crippen LogP contribution in [0.2, 0.25) is 0 Å². The van der Waals surface area contributed by atoms with Crippen LogP contribution in [-0.4, -0.2) is 18.6 Å². The van der Waals surface area contributed by atoms with Crippen LogP contribution in [0.25, 0.3) is 0 Å². The Kier molecular flexibility index (Phi) is 3.22. The second kappa shape index (κ2) is 5.37. The molecule has 2 aromatic rings. The molecule has 2 aliphatic rings. The Morgan fingerprint density at radius 1 is 1.05 bits per heavy atom. The number of amides is 1. The second-order valence-corrected chi connectivity index (χ2v) is 5.69. The fourth-order valence-corrected chi connectivity index (χ4v) is 3.02. The minimum atomic E-state index is -0.622. The van der Waals surface area contributed by atoms with Gasteiger partial charge in [0.2, 0.25) is 6.10 Å². The fraction of sp³-hybridized carbons (Fsp3) is 0.278. The van der Waals surface area contributed by atoms with Gasteiger partial charge in [-0.05, 0) is 54.7 Å². The minimum absolute atomic E-state index is 0.174. The third-order valence-corrected chi connectivity index (χ3v) is 4.17. The summed E-state index contributed by atoms with van der Waals surface area (Å²) in [6.45, 7) is 0.230. The van der Waals surface area contributed by atoms with Gasteiger partial charge in [-0.25, -0.2) is 0 Å². The van der Waals surface area contributed by atoms with E-state index < -0.39 is 6.10 Å². The molecule has 1 aliphatic heterocycles. The molecule has 1 atom stereocenters. The summed E-state index contributed by atoms with van der Waals surface area (Å²) in [6, 6.07) is 13.5. The number of fused-ring (bicyclic) bond motifs is 2. The van der Waals surface area contributed by atoms with Crippen molar-refractivity contribution >= 4 is 11.6 Å². The van der Waals surface area contributed by atoms with Gasteiger partial charge in [-0.1, -0.05) is 18.2 Å². The number of rotatable bonds is 2. The highest BCUT2D eigenvalue weighted by Crippen LogP contribution is 2.31. The van der Waals surface area contributed by atoms with Crippen LogP contribution in [0.3, 0.4) is 0 Å². The quantitative estimate of drug-likeness (QED) is 0.926. The minimum Gasteiger partial charge on any atom is -0.485 e.